The normalized spacial score (nSPS) is 12.8. The fraction of sp³-hybridized carbons (Fsp3) is 0.238. The van der Waals surface area contributed by atoms with Crippen LogP contribution in [-0.4, -0.2) is 14.7 Å². The van der Waals surface area contributed by atoms with Crippen molar-refractivity contribution in [2.45, 2.75) is 25.7 Å². The summed E-state index contributed by atoms with van der Waals surface area (Å²) in [5.74, 6) is 1.14. The molecule has 1 heterocycles. The number of hydrogen-bond acceptors (Lipinski definition) is 4. The van der Waals surface area contributed by atoms with Crippen LogP contribution in [0, 0.1) is 0 Å². The van der Waals surface area contributed by atoms with Crippen molar-refractivity contribution >= 4 is 28.1 Å². The quantitative estimate of drug-likeness (QED) is 0.467. The third kappa shape index (κ3) is 7.02. The molecule has 1 unspecified atom stereocenters. The van der Waals surface area contributed by atoms with Gasteiger partial charge in [-0.15, -0.1) is 12.4 Å². The Labute approximate surface area is 185 Å². The van der Waals surface area contributed by atoms with E-state index >= 15 is 0 Å². The zero-order chi connectivity index (χ0) is 21.9. The average molecular weight is 475 g/mol. The Morgan fingerprint density at radius 1 is 0.968 bits per heavy atom. The molecule has 0 fully saturated rings. The summed E-state index contributed by atoms with van der Waals surface area (Å²) in [6, 6.07) is 15.3. The van der Waals surface area contributed by atoms with Crippen molar-refractivity contribution in [1.82, 2.24) is 5.32 Å². The number of anilines is 1. The van der Waals surface area contributed by atoms with Gasteiger partial charge in [0.25, 0.3) is 0 Å². The SMILES string of the molecule is CC(NCc1ccc(-c2ccc(C(F)(F)F)cc2)o1)c1ccc(NS(C)(=O)=O)cc1.Cl. The minimum absolute atomic E-state index is 0. The van der Waals surface area contributed by atoms with Crippen LogP contribution >= 0.6 is 12.4 Å². The molecule has 0 aliphatic carbocycles. The first kappa shape index (κ1) is 24.8. The maximum absolute atomic E-state index is 12.7. The lowest BCUT2D eigenvalue weighted by molar-refractivity contribution is -0.137. The van der Waals surface area contributed by atoms with E-state index in [0.29, 0.717) is 29.3 Å². The van der Waals surface area contributed by atoms with Gasteiger partial charge in [-0.05, 0) is 48.9 Å². The molecule has 0 radical (unpaired) electrons. The number of alkyl halides is 3. The van der Waals surface area contributed by atoms with Crippen molar-refractivity contribution in [3.05, 3.63) is 77.6 Å². The minimum atomic E-state index is -4.37. The molecule has 5 nitrogen and oxygen atoms in total. The van der Waals surface area contributed by atoms with Crippen LogP contribution in [-0.2, 0) is 22.7 Å². The van der Waals surface area contributed by atoms with E-state index in [9.17, 15) is 21.6 Å². The fourth-order valence-corrected chi connectivity index (χ4v) is 3.44. The van der Waals surface area contributed by atoms with Crippen LogP contribution in [0.5, 0.6) is 0 Å². The number of sulfonamides is 1. The van der Waals surface area contributed by atoms with E-state index < -0.39 is 21.8 Å². The summed E-state index contributed by atoms with van der Waals surface area (Å²) in [5.41, 5.74) is 1.31. The van der Waals surface area contributed by atoms with E-state index in [1.807, 2.05) is 19.1 Å². The van der Waals surface area contributed by atoms with E-state index in [0.717, 1.165) is 24.0 Å². The smallest absolute Gasteiger partial charge is 0.416 e. The first-order valence-corrected chi connectivity index (χ1v) is 11.0. The summed E-state index contributed by atoms with van der Waals surface area (Å²) in [4.78, 5) is 0. The monoisotopic (exact) mass is 474 g/mol. The second-order valence-electron chi connectivity index (χ2n) is 6.94. The van der Waals surface area contributed by atoms with Gasteiger partial charge in [0, 0.05) is 17.3 Å². The zero-order valence-electron chi connectivity index (χ0n) is 16.7. The van der Waals surface area contributed by atoms with E-state index in [1.165, 1.54) is 12.1 Å². The van der Waals surface area contributed by atoms with Crippen LogP contribution < -0.4 is 10.0 Å². The van der Waals surface area contributed by atoms with Crippen molar-refractivity contribution in [3.63, 3.8) is 0 Å². The zero-order valence-corrected chi connectivity index (χ0v) is 18.4. The van der Waals surface area contributed by atoms with E-state index in [-0.39, 0.29) is 18.4 Å². The largest absolute Gasteiger partial charge is 0.460 e. The highest BCUT2D eigenvalue weighted by Gasteiger charge is 2.30. The van der Waals surface area contributed by atoms with Gasteiger partial charge in [-0.3, -0.25) is 4.72 Å². The summed E-state index contributed by atoms with van der Waals surface area (Å²) in [6.07, 6.45) is -3.28. The number of halogens is 4. The van der Waals surface area contributed by atoms with Gasteiger partial charge >= 0.3 is 6.18 Å². The van der Waals surface area contributed by atoms with Gasteiger partial charge in [0.15, 0.2) is 0 Å². The minimum Gasteiger partial charge on any atom is -0.460 e. The van der Waals surface area contributed by atoms with Crippen molar-refractivity contribution in [2.75, 3.05) is 11.0 Å². The Balaban J connectivity index is 0.00000341. The van der Waals surface area contributed by atoms with Gasteiger partial charge in [-0.2, -0.15) is 13.2 Å². The Hall–Kier alpha value is -2.49. The van der Waals surface area contributed by atoms with E-state index in [2.05, 4.69) is 10.0 Å². The molecule has 1 atom stereocenters. The number of benzene rings is 2. The van der Waals surface area contributed by atoms with Crippen molar-refractivity contribution in [3.8, 4) is 11.3 Å². The Morgan fingerprint density at radius 3 is 2.13 bits per heavy atom. The summed E-state index contributed by atoms with van der Waals surface area (Å²) in [7, 11) is -3.32. The molecule has 168 valence electrons. The number of nitrogens with one attached hydrogen (secondary N) is 2. The summed E-state index contributed by atoms with van der Waals surface area (Å²) in [5, 5.41) is 3.30. The Bertz CT molecular complexity index is 1100. The lowest BCUT2D eigenvalue weighted by Crippen LogP contribution is -2.17. The van der Waals surface area contributed by atoms with Crippen LogP contribution in [0.25, 0.3) is 11.3 Å². The molecule has 0 aliphatic rings. The summed E-state index contributed by atoms with van der Waals surface area (Å²) >= 11 is 0. The Morgan fingerprint density at radius 2 is 1.58 bits per heavy atom. The molecule has 0 aliphatic heterocycles. The van der Waals surface area contributed by atoms with Gasteiger partial charge in [-0.25, -0.2) is 8.42 Å². The lowest BCUT2D eigenvalue weighted by atomic mass is 10.1. The van der Waals surface area contributed by atoms with Crippen LogP contribution in [0.15, 0.2) is 65.1 Å². The molecule has 3 aromatic rings. The highest BCUT2D eigenvalue weighted by Crippen LogP contribution is 2.31. The van der Waals surface area contributed by atoms with Gasteiger partial charge in [0.05, 0.1) is 18.4 Å². The molecule has 2 N–H and O–H groups in total. The van der Waals surface area contributed by atoms with E-state index in [1.54, 1.807) is 24.3 Å². The molecule has 0 amide bonds. The molecule has 0 saturated heterocycles. The molecule has 1 aromatic heterocycles. The van der Waals surface area contributed by atoms with Gasteiger partial charge in [0.1, 0.15) is 11.5 Å². The third-order valence-electron chi connectivity index (χ3n) is 4.45. The average Bonchev–Trinajstić information content (AvgIpc) is 3.14. The highest BCUT2D eigenvalue weighted by molar-refractivity contribution is 7.92. The standard InChI is InChI=1S/C21H21F3N2O3S.ClH/c1-14(15-5-9-18(10-6-15)26-30(2,27)28)25-13-19-11-12-20(29-19)16-3-7-17(8-4-16)21(22,23)24;/h3-12,14,25-26H,13H2,1-2H3;1H. The van der Waals surface area contributed by atoms with E-state index in [4.69, 9.17) is 4.42 Å². The Kier molecular flexibility index (Phi) is 7.80. The van der Waals surface area contributed by atoms with Crippen molar-refractivity contribution in [2.24, 2.45) is 0 Å². The maximum Gasteiger partial charge on any atom is 0.416 e. The summed E-state index contributed by atoms with van der Waals surface area (Å²) < 4.78 is 68.7. The number of rotatable bonds is 7. The molecular weight excluding hydrogens is 453 g/mol. The van der Waals surface area contributed by atoms with Crippen molar-refractivity contribution in [1.29, 1.82) is 0 Å². The number of hydrogen-bond donors (Lipinski definition) is 2. The van der Waals surface area contributed by atoms with Crippen LogP contribution in [0.1, 0.15) is 29.9 Å². The van der Waals surface area contributed by atoms with Gasteiger partial charge in [0.2, 0.25) is 10.0 Å². The predicted molar refractivity (Wildman–Crippen MR) is 117 cm³/mol. The predicted octanol–water partition coefficient (Wildman–Crippen LogP) is 5.61. The highest BCUT2D eigenvalue weighted by atomic mass is 35.5. The van der Waals surface area contributed by atoms with Crippen LogP contribution in [0.2, 0.25) is 0 Å². The molecule has 2 aromatic carbocycles. The second-order valence-corrected chi connectivity index (χ2v) is 8.69. The molecule has 3 rings (SSSR count). The third-order valence-corrected chi connectivity index (χ3v) is 5.06. The second kappa shape index (κ2) is 9.76. The molecule has 0 saturated carbocycles. The summed E-state index contributed by atoms with van der Waals surface area (Å²) in [6.45, 7) is 2.38. The fourth-order valence-electron chi connectivity index (χ4n) is 2.88. The lowest BCUT2D eigenvalue weighted by Gasteiger charge is -2.14. The molecule has 0 spiro atoms. The van der Waals surface area contributed by atoms with Crippen molar-refractivity contribution < 1.29 is 26.0 Å². The van der Waals surface area contributed by atoms with Crippen LogP contribution in [0.3, 0.4) is 0 Å². The molecule has 0 bridgehead atoms. The first-order valence-electron chi connectivity index (χ1n) is 9.09. The maximum atomic E-state index is 12.7. The van der Waals surface area contributed by atoms with Gasteiger partial charge in [-0.1, -0.05) is 24.3 Å². The molecule has 31 heavy (non-hydrogen) atoms. The molecule has 10 heteroatoms. The van der Waals surface area contributed by atoms with Gasteiger partial charge < -0.3 is 9.73 Å². The first-order chi connectivity index (χ1) is 14.0. The number of furan rings is 1. The molecular formula is C21H22ClF3N2O3S. The topological polar surface area (TPSA) is 71.3 Å². The van der Waals surface area contributed by atoms with Crippen LogP contribution in [0.4, 0.5) is 18.9 Å².